The molecule has 2 aliphatic rings. The van der Waals surface area contributed by atoms with Gasteiger partial charge in [-0.3, -0.25) is 4.90 Å². The second-order valence-electron chi connectivity index (χ2n) is 5.91. The molecule has 0 radical (unpaired) electrons. The molecule has 0 bridgehead atoms. The first-order valence-corrected chi connectivity index (χ1v) is 8.26. The van der Waals surface area contributed by atoms with Crippen LogP contribution in [0.1, 0.15) is 11.1 Å². The molecule has 2 aromatic rings. The zero-order valence-corrected chi connectivity index (χ0v) is 13.5. The van der Waals surface area contributed by atoms with Gasteiger partial charge in [-0.1, -0.05) is 30.3 Å². The van der Waals surface area contributed by atoms with Gasteiger partial charge in [-0.2, -0.15) is 0 Å². The SMILES string of the molecule is Brc1cnc2c(c1)CC1CN(Cc3ccccc3)CCN21. The second kappa shape index (κ2) is 5.43. The number of aromatic nitrogens is 1. The summed E-state index contributed by atoms with van der Waals surface area (Å²) in [6.07, 6.45) is 3.03. The Hall–Kier alpha value is -1.39. The van der Waals surface area contributed by atoms with E-state index in [4.69, 9.17) is 0 Å². The molecule has 1 unspecified atom stereocenters. The minimum Gasteiger partial charge on any atom is -0.350 e. The third-order valence-electron chi connectivity index (χ3n) is 4.45. The molecule has 0 spiro atoms. The number of piperazine rings is 1. The highest BCUT2D eigenvalue weighted by Crippen LogP contribution is 2.33. The number of anilines is 1. The van der Waals surface area contributed by atoms with Crippen LogP contribution in [0.25, 0.3) is 0 Å². The van der Waals surface area contributed by atoms with Crippen molar-refractivity contribution in [3.05, 3.63) is 58.2 Å². The summed E-state index contributed by atoms with van der Waals surface area (Å²) in [5, 5.41) is 0. The van der Waals surface area contributed by atoms with Gasteiger partial charge in [0.1, 0.15) is 5.82 Å². The first kappa shape index (κ1) is 13.3. The molecule has 1 aromatic heterocycles. The second-order valence-corrected chi connectivity index (χ2v) is 6.82. The lowest BCUT2D eigenvalue weighted by atomic mass is 10.1. The number of nitrogens with zero attached hydrogens (tertiary/aromatic N) is 3. The molecule has 0 aliphatic carbocycles. The molecule has 1 atom stereocenters. The Kier molecular flexibility index (Phi) is 3.43. The van der Waals surface area contributed by atoms with Gasteiger partial charge >= 0.3 is 0 Å². The molecule has 0 N–H and O–H groups in total. The predicted octanol–water partition coefficient (Wildman–Crippen LogP) is 3.09. The summed E-state index contributed by atoms with van der Waals surface area (Å²) in [4.78, 5) is 9.67. The molecule has 0 saturated carbocycles. The molecular weight excluding hydrogens is 326 g/mol. The smallest absolute Gasteiger partial charge is 0.132 e. The number of fused-ring (bicyclic) bond motifs is 3. The zero-order valence-electron chi connectivity index (χ0n) is 11.9. The topological polar surface area (TPSA) is 19.4 Å². The molecule has 108 valence electrons. The normalized spacial score (nSPS) is 21.2. The maximum Gasteiger partial charge on any atom is 0.132 e. The summed E-state index contributed by atoms with van der Waals surface area (Å²) in [5.74, 6) is 1.20. The van der Waals surface area contributed by atoms with Crippen LogP contribution in [0.4, 0.5) is 5.82 Å². The fourth-order valence-corrected chi connectivity index (χ4v) is 3.87. The maximum atomic E-state index is 4.61. The number of hydrogen-bond acceptors (Lipinski definition) is 3. The molecule has 4 heteroatoms. The molecule has 21 heavy (non-hydrogen) atoms. The summed E-state index contributed by atoms with van der Waals surface area (Å²) in [5.41, 5.74) is 2.79. The highest BCUT2D eigenvalue weighted by molar-refractivity contribution is 9.10. The van der Waals surface area contributed by atoms with Crippen LogP contribution >= 0.6 is 15.9 Å². The number of halogens is 1. The largest absolute Gasteiger partial charge is 0.350 e. The van der Waals surface area contributed by atoms with Crippen LogP contribution in [0.3, 0.4) is 0 Å². The lowest BCUT2D eigenvalue weighted by Gasteiger charge is -2.38. The highest BCUT2D eigenvalue weighted by Gasteiger charge is 2.34. The molecule has 1 aromatic carbocycles. The van der Waals surface area contributed by atoms with E-state index in [1.165, 1.54) is 16.9 Å². The van der Waals surface area contributed by atoms with Crippen LogP contribution in [-0.2, 0) is 13.0 Å². The van der Waals surface area contributed by atoms with E-state index >= 15 is 0 Å². The van der Waals surface area contributed by atoms with Crippen molar-refractivity contribution in [2.75, 3.05) is 24.5 Å². The van der Waals surface area contributed by atoms with Gasteiger partial charge in [0.15, 0.2) is 0 Å². The first-order chi connectivity index (χ1) is 10.3. The molecular formula is C17H18BrN3. The van der Waals surface area contributed by atoms with E-state index in [-0.39, 0.29) is 0 Å². The Morgan fingerprint density at radius 2 is 2.05 bits per heavy atom. The van der Waals surface area contributed by atoms with Gasteiger partial charge in [0.05, 0.1) is 0 Å². The van der Waals surface area contributed by atoms with Gasteiger partial charge in [-0.05, 0) is 39.5 Å². The average Bonchev–Trinajstić information content (AvgIpc) is 2.84. The van der Waals surface area contributed by atoms with Gasteiger partial charge in [0.25, 0.3) is 0 Å². The summed E-state index contributed by atoms with van der Waals surface area (Å²) in [7, 11) is 0. The Morgan fingerprint density at radius 1 is 1.19 bits per heavy atom. The molecule has 3 heterocycles. The average molecular weight is 344 g/mol. The standard InChI is InChI=1S/C17H18BrN3/c18-15-8-14-9-16-12-20(11-13-4-2-1-3-5-13)6-7-21(16)17(14)19-10-15/h1-5,8,10,16H,6-7,9,11-12H2. The molecule has 0 amide bonds. The Labute approximate surface area is 133 Å². The van der Waals surface area contributed by atoms with Gasteiger partial charge < -0.3 is 4.90 Å². The van der Waals surface area contributed by atoms with Crippen LogP contribution in [0.5, 0.6) is 0 Å². The van der Waals surface area contributed by atoms with E-state index in [0.29, 0.717) is 6.04 Å². The van der Waals surface area contributed by atoms with Crippen molar-refractivity contribution < 1.29 is 0 Å². The molecule has 2 aliphatic heterocycles. The van der Waals surface area contributed by atoms with Gasteiger partial charge in [-0.15, -0.1) is 0 Å². The molecule has 3 nitrogen and oxygen atoms in total. The maximum absolute atomic E-state index is 4.61. The summed E-state index contributed by atoms with van der Waals surface area (Å²) in [6.45, 7) is 4.38. The third-order valence-corrected chi connectivity index (χ3v) is 4.89. The highest BCUT2D eigenvalue weighted by atomic mass is 79.9. The van der Waals surface area contributed by atoms with Crippen molar-refractivity contribution >= 4 is 21.7 Å². The van der Waals surface area contributed by atoms with Crippen LogP contribution in [0, 0.1) is 0 Å². The van der Waals surface area contributed by atoms with E-state index in [1.54, 1.807) is 0 Å². The van der Waals surface area contributed by atoms with E-state index in [9.17, 15) is 0 Å². The third kappa shape index (κ3) is 2.58. The van der Waals surface area contributed by atoms with E-state index < -0.39 is 0 Å². The van der Waals surface area contributed by atoms with Crippen molar-refractivity contribution in [1.29, 1.82) is 0 Å². The monoisotopic (exact) mass is 343 g/mol. The van der Waals surface area contributed by atoms with Crippen LogP contribution < -0.4 is 4.90 Å². The van der Waals surface area contributed by atoms with Crippen LogP contribution in [0.15, 0.2) is 47.1 Å². The van der Waals surface area contributed by atoms with Crippen molar-refractivity contribution in [1.82, 2.24) is 9.88 Å². The number of pyridine rings is 1. The zero-order chi connectivity index (χ0) is 14.2. The van der Waals surface area contributed by atoms with E-state index in [2.05, 4.69) is 67.1 Å². The van der Waals surface area contributed by atoms with E-state index in [0.717, 1.165) is 37.1 Å². The van der Waals surface area contributed by atoms with Crippen molar-refractivity contribution in [3.8, 4) is 0 Å². The van der Waals surface area contributed by atoms with E-state index in [1.807, 2.05) is 6.20 Å². The first-order valence-electron chi connectivity index (χ1n) is 7.47. The lowest BCUT2D eigenvalue weighted by molar-refractivity contribution is 0.219. The molecule has 1 fully saturated rings. The fourth-order valence-electron chi connectivity index (χ4n) is 3.50. The van der Waals surface area contributed by atoms with Crippen LogP contribution in [-0.4, -0.2) is 35.6 Å². The summed E-state index contributed by atoms with van der Waals surface area (Å²) in [6, 6.07) is 13.6. The van der Waals surface area contributed by atoms with Gasteiger partial charge in [-0.25, -0.2) is 4.98 Å². The Morgan fingerprint density at radius 3 is 2.90 bits per heavy atom. The van der Waals surface area contributed by atoms with Crippen LogP contribution in [0.2, 0.25) is 0 Å². The van der Waals surface area contributed by atoms with Gasteiger partial charge in [0.2, 0.25) is 0 Å². The van der Waals surface area contributed by atoms with Crippen molar-refractivity contribution in [2.45, 2.75) is 19.0 Å². The predicted molar refractivity (Wildman–Crippen MR) is 88.5 cm³/mol. The number of rotatable bonds is 2. The Bertz CT molecular complexity index is 644. The van der Waals surface area contributed by atoms with Crippen molar-refractivity contribution in [3.63, 3.8) is 0 Å². The fraction of sp³-hybridized carbons (Fsp3) is 0.353. The molecule has 1 saturated heterocycles. The summed E-state index contributed by atoms with van der Waals surface area (Å²) >= 11 is 3.53. The lowest BCUT2D eigenvalue weighted by Crippen LogP contribution is -2.51. The van der Waals surface area contributed by atoms with Gasteiger partial charge in [0, 0.05) is 42.9 Å². The number of hydrogen-bond donors (Lipinski definition) is 0. The minimum absolute atomic E-state index is 0.583. The molecule has 4 rings (SSSR count). The van der Waals surface area contributed by atoms with Crippen molar-refractivity contribution in [2.24, 2.45) is 0 Å². The Balaban J connectivity index is 1.48. The minimum atomic E-state index is 0.583. The summed E-state index contributed by atoms with van der Waals surface area (Å²) < 4.78 is 1.09. The quantitative estimate of drug-likeness (QED) is 0.835. The number of benzene rings is 1.